The minimum absolute atomic E-state index is 0.0287. The number of rotatable bonds is 4. The van der Waals surface area contributed by atoms with Crippen LogP contribution in [0.3, 0.4) is 0 Å². The number of nitrogens with one attached hydrogen (secondary N) is 1. The largest absolute Gasteiger partial charge is 0.459 e. The van der Waals surface area contributed by atoms with Gasteiger partial charge in [-0.3, -0.25) is 9.59 Å². The van der Waals surface area contributed by atoms with Crippen molar-refractivity contribution in [1.29, 1.82) is 0 Å². The second kappa shape index (κ2) is 7.46. The van der Waals surface area contributed by atoms with Crippen molar-refractivity contribution >= 4 is 11.8 Å². The summed E-state index contributed by atoms with van der Waals surface area (Å²) in [5, 5.41) is 3.03. The minimum atomic E-state index is -0.0287. The predicted octanol–water partition coefficient (Wildman–Crippen LogP) is 3.86. The van der Waals surface area contributed by atoms with Crippen molar-refractivity contribution in [1.82, 2.24) is 10.2 Å². The topological polar surface area (TPSA) is 62.6 Å². The molecule has 1 N–H and O–H groups in total. The number of carbonyl (C=O) groups is 2. The number of carbonyl (C=O) groups excluding carboxylic acids is 2. The molecule has 5 nitrogen and oxygen atoms in total. The molecule has 4 rings (SSSR count). The molecule has 5 heteroatoms. The van der Waals surface area contributed by atoms with Crippen molar-refractivity contribution in [2.75, 3.05) is 13.1 Å². The Hall–Kier alpha value is -2.56. The van der Waals surface area contributed by atoms with Gasteiger partial charge in [0, 0.05) is 25.6 Å². The molecule has 0 radical (unpaired) electrons. The fraction of sp³-hybridized carbons (Fsp3) is 0.478. The van der Waals surface area contributed by atoms with Crippen LogP contribution < -0.4 is 5.32 Å². The summed E-state index contributed by atoms with van der Waals surface area (Å²) in [7, 11) is 0. The normalized spacial score (nSPS) is 20.4. The van der Waals surface area contributed by atoms with Gasteiger partial charge in [-0.05, 0) is 67.7 Å². The van der Waals surface area contributed by atoms with E-state index >= 15 is 0 Å². The van der Waals surface area contributed by atoms with Gasteiger partial charge in [0.2, 0.25) is 5.91 Å². The van der Waals surface area contributed by atoms with Gasteiger partial charge in [-0.25, -0.2) is 0 Å². The van der Waals surface area contributed by atoms with Crippen molar-refractivity contribution in [3.63, 3.8) is 0 Å². The molecular formula is C23H28N2O3. The summed E-state index contributed by atoms with van der Waals surface area (Å²) >= 11 is 0. The molecule has 2 aromatic rings. The molecule has 0 bridgehead atoms. The van der Waals surface area contributed by atoms with Crippen LogP contribution in [-0.2, 0) is 10.2 Å². The van der Waals surface area contributed by atoms with Crippen LogP contribution in [0.15, 0.2) is 47.1 Å². The number of nitrogens with zero attached hydrogens (tertiary/aromatic N) is 1. The van der Waals surface area contributed by atoms with Crippen molar-refractivity contribution in [3.05, 3.63) is 59.5 Å². The number of likely N-dealkylation sites (tertiary alicyclic amines) is 1. The Balaban J connectivity index is 1.49. The minimum Gasteiger partial charge on any atom is -0.459 e. The van der Waals surface area contributed by atoms with E-state index < -0.39 is 0 Å². The summed E-state index contributed by atoms with van der Waals surface area (Å²) in [6.07, 6.45) is 4.92. The van der Waals surface area contributed by atoms with Crippen LogP contribution in [0.2, 0.25) is 0 Å². The number of hydrogen-bond acceptors (Lipinski definition) is 3. The molecule has 148 valence electrons. The van der Waals surface area contributed by atoms with Gasteiger partial charge in [0.05, 0.1) is 6.26 Å². The smallest absolute Gasteiger partial charge is 0.289 e. The van der Waals surface area contributed by atoms with Crippen LogP contribution in [0, 0.1) is 0 Å². The molecule has 2 amide bonds. The van der Waals surface area contributed by atoms with Gasteiger partial charge in [-0.15, -0.1) is 0 Å². The van der Waals surface area contributed by atoms with Crippen LogP contribution in [0.5, 0.6) is 0 Å². The maximum atomic E-state index is 12.6. The summed E-state index contributed by atoms with van der Waals surface area (Å²) in [5.74, 6) is 0.754. The van der Waals surface area contributed by atoms with Gasteiger partial charge in [-0.2, -0.15) is 0 Å². The second-order valence-corrected chi connectivity index (χ2v) is 8.46. The van der Waals surface area contributed by atoms with Crippen molar-refractivity contribution < 1.29 is 14.0 Å². The monoisotopic (exact) mass is 380 g/mol. The van der Waals surface area contributed by atoms with Crippen molar-refractivity contribution in [2.45, 2.75) is 56.9 Å². The maximum absolute atomic E-state index is 12.6. The first-order chi connectivity index (χ1) is 13.5. The van der Waals surface area contributed by atoms with E-state index in [0.29, 0.717) is 12.2 Å². The zero-order valence-electron chi connectivity index (χ0n) is 16.6. The molecule has 1 aliphatic heterocycles. The van der Waals surface area contributed by atoms with Gasteiger partial charge in [0.15, 0.2) is 5.76 Å². The molecule has 1 saturated heterocycles. The first-order valence-electron chi connectivity index (χ1n) is 10.2. The average Bonchev–Trinajstić information content (AvgIpc) is 3.30. The number of hydrogen-bond donors (Lipinski definition) is 1. The van der Waals surface area contributed by atoms with Crippen molar-refractivity contribution in [3.8, 4) is 0 Å². The van der Waals surface area contributed by atoms with E-state index in [4.69, 9.17) is 4.42 Å². The molecule has 2 heterocycles. The van der Waals surface area contributed by atoms with Crippen LogP contribution in [-0.4, -0.2) is 35.8 Å². The first-order valence-corrected chi connectivity index (χ1v) is 10.2. The second-order valence-electron chi connectivity index (χ2n) is 8.46. The third-order valence-corrected chi connectivity index (χ3v) is 6.23. The van der Waals surface area contributed by atoms with Gasteiger partial charge < -0.3 is 14.6 Å². The van der Waals surface area contributed by atoms with E-state index in [-0.39, 0.29) is 29.2 Å². The van der Waals surface area contributed by atoms with E-state index in [0.717, 1.165) is 32.4 Å². The van der Waals surface area contributed by atoms with Crippen LogP contribution >= 0.6 is 0 Å². The lowest BCUT2D eigenvalue weighted by molar-refractivity contribution is -0.122. The fourth-order valence-corrected chi connectivity index (χ4v) is 4.98. The zero-order valence-corrected chi connectivity index (χ0v) is 16.6. The van der Waals surface area contributed by atoms with Gasteiger partial charge in [0.25, 0.3) is 5.91 Å². The highest BCUT2D eigenvalue weighted by Gasteiger charge is 2.46. The van der Waals surface area contributed by atoms with Gasteiger partial charge in [0.1, 0.15) is 0 Å². The molecule has 28 heavy (non-hydrogen) atoms. The standard InChI is InChI=1S/C23H28N2O3/c1-16(2)24-21(26)14-17-15-23(19-7-4-3-6-18(17)19)9-11-25(12-10-23)22(27)20-8-5-13-28-20/h3-8,13,16-17H,9-12,14-15H2,1-2H3,(H,24,26)/t17-/m0/s1. The van der Waals surface area contributed by atoms with Gasteiger partial charge >= 0.3 is 0 Å². The van der Waals surface area contributed by atoms with Crippen molar-refractivity contribution in [2.24, 2.45) is 0 Å². The number of fused-ring (bicyclic) bond motifs is 2. The van der Waals surface area contributed by atoms with Crippen LogP contribution in [0.1, 0.15) is 67.1 Å². The lowest BCUT2D eigenvalue weighted by atomic mass is 9.73. The predicted molar refractivity (Wildman–Crippen MR) is 107 cm³/mol. The van der Waals surface area contributed by atoms with E-state index in [2.05, 4.69) is 29.6 Å². The number of benzene rings is 1. The Bertz CT molecular complexity index is 848. The lowest BCUT2D eigenvalue weighted by Gasteiger charge is -2.40. The Morgan fingerprint density at radius 3 is 2.61 bits per heavy atom. The van der Waals surface area contributed by atoms with E-state index in [1.165, 1.54) is 11.1 Å². The molecule has 1 spiro atoms. The molecule has 1 aromatic heterocycles. The van der Waals surface area contributed by atoms with Crippen LogP contribution in [0.25, 0.3) is 0 Å². The summed E-state index contributed by atoms with van der Waals surface area (Å²) in [6, 6.07) is 12.2. The number of amides is 2. The molecule has 2 aliphatic rings. The Kier molecular flexibility index (Phi) is 5.00. The number of piperidine rings is 1. The molecule has 1 fully saturated rings. The Morgan fingerprint density at radius 2 is 1.93 bits per heavy atom. The summed E-state index contributed by atoms with van der Waals surface area (Å²) in [6.45, 7) is 5.43. The third-order valence-electron chi connectivity index (χ3n) is 6.23. The summed E-state index contributed by atoms with van der Waals surface area (Å²) in [4.78, 5) is 26.9. The zero-order chi connectivity index (χ0) is 19.7. The Labute approximate surface area is 166 Å². The highest BCUT2D eigenvalue weighted by atomic mass is 16.3. The molecule has 0 saturated carbocycles. The highest BCUT2D eigenvalue weighted by Crippen LogP contribution is 2.52. The molecule has 0 unspecified atom stereocenters. The molecule has 1 atom stereocenters. The van der Waals surface area contributed by atoms with E-state index in [1.807, 2.05) is 18.7 Å². The summed E-state index contributed by atoms with van der Waals surface area (Å²) < 4.78 is 5.28. The molecular weight excluding hydrogens is 352 g/mol. The average molecular weight is 380 g/mol. The van der Waals surface area contributed by atoms with Crippen LogP contribution in [0.4, 0.5) is 0 Å². The molecule has 1 aliphatic carbocycles. The Morgan fingerprint density at radius 1 is 1.18 bits per heavy atom. The lowest BCUT2D eigenvalue weighted by Crippen LogP contribution is -2.44. The fourth-order valence-electron chi connectivity index (χ4n) is 4.98. The first kappa shape index (κ1) is 18.8. The van der Waals surface area contributed by atoms with E-state index in [1.54, 1.807) is 18.4 Å². The third kappa shape index (κ3) is 3.46. The number of furan rings is 1. The van der Waals surface area contributed by atoms with E-state index in [9.17, 15) is 9.59 Å². The van der Waals surface area contributed by atoms with Gasteiger partial charge in [-0.1, -0.05) is 24.3 Å². The highest BCUT2D eigenvalue weighted by molar-refractivity contribution is 5.91. The summed E-state index contributed by atoms with van der Waals surface area (Å²) in [5.41, 5.74) is 2.76. The SMILES string of the molecule is CC(C)NC(=O)C[C@H]1CC2(CCN(C(=O)c3ccco3)CC2)c2ccccc21. The molecule has 1 aromatic carbocycles. The maximum Gasteiger partial charge on any atom is 0.289 e. The quantitative estimate of drug-likeness (QED) is 0.876.